The van der Waals surface area contributed by atoms with E-state index in [-0.39, 0.29) is 17.5 Å². The number of anilines is 1. The zero-order chi connectivity index (χ0) is 21.5. The first-order chi connectivity index (χ1) is 14.3. The zero-order valence-corrected chi connectivity index (χ0v) is 16.5. The van der Waals surface area contributed by atoms with E-state index in [2.05, 4.69) is 15.3 Å². The standard InChI is InChI=1S/C20H16F3N3O3S/c1-29-15-7-14-16(30-19(26-14)11-5-10(6-11)9-27)8-13(15)25-18(28)12-3-2-4-17(24-12)20(21,22)23/h2-4,7-11H,5-6H2,1H3,(H,25,28). The number of nitrogens with one attached hydrogen (secondary N) is 1. The van der Waals surface area contributed by atoms with Crippen molar-refractivity contribution in [1.82, 2.24) is 9.97 Å². The average Bonchev–Trinajstić information content (AvgIpc) is 3.08. The SMILES string of the molecule is COc1cc2nc(C3CC(C=O)C3)sc2cc1NC(=O)c1cccc(C(F)(F)F)n1. The number of ether oxygens (including phenoxy) is 1. The number of hydrogen-bond acceptors (Lipinski definition) is 6. The van der Waals surface area contributed by atoms with Gasteiger partial charge < -0.3 is 14.8 Å². The molecule has 1 N–H and O–H groups in total. The number of alkyl halides is 3. The van der Waals surface area contributed by atoms with Gasteiger partial charge in [-0.1, -0.05) is 6.07 Å². The van der Waals surface area contributed by atoms with E-state index in [1.54, 1.807) is 12.1 Å². The molecule has 1 aliphatic rings. The van der Waals surface area contributed by atoms with E-state index in [0.717, 1.165) is 41.0 Å². The molecule has 0 radical (unpaired) electrons. The lowest BCUT2D eigenvalue weighted by Gasteiger charge is -2.29. The molecule has 4 rings (SSSR count). The third-order valence-electron chi connectivity index (χ3n) is 4.96. The second-order valence-electron chi connectivity index (χ2n) is 7.00. The van der Waals surface area contributed by atoms with Crippen LogP contribution in [0.25, 0.3) is 10.2 Å². The molecule has 0 aliphatic heterocycles. The van der Waals surface area contributed by atoms with Crippen molar-refractivity contribution in [3.63, 3.8) is 0 Å². The zero-order valence-electron chi connectivity index (χ0n) is 15.7. The highest BCUT2D eigenvalue weighted by Crippen LogP contribution is 2.44. The fraction of sp³-hybridized carbons (Fsp3) is 0.300. The van der Waals surface area contributed by atoms with Crippen molar-refractivity contribution in [2.24, 2.45) is 5.92 Å². The number of thiazole rings is 1. The Labute approximate surface area is 173 Å². The second-order valence-corrected chi connectivity index (χ2v) is 8.06. The van der Waals surface area contributed by atoms with E-state index in [9.17, 15) is 22.8 Å². The summed E-state index contributed by atoms with van der Waals surface area (Å²) in [6.45, 7) is 0. The molecule has 3 aromatic rings. The molecule has 0 unspecified atom stereocenters. The van der Waals surface area contributed by atoms with Crippen LogP contribution < -0.4 is 10.1 Å². The van der Waals surface area contributed by atoms with Crippen LogP contribution in [-0.2, 0) is 11.0 Å². The lowest BCUT2D eigenvalue weighted by Crippen LogP contribution is -2.22. The first kappa shape index (κ1) is 20.3. The molecule has 30 heavy (non-hydrogen) atoms. The third kappa shape index (κ3) is 3.87. The summed E-state index contributed by atoms with van der Waals surface area (Å²) in [5.74, 6) is -0.141. The number of nitrogens with zero attached hydrogens (tertiary/aromatic N) is 2. The van der Waals surface area contributed by atoms with E-state index >= 15 is 0 Å². The number of amides is 1. The predicted octanol–water partition coefficient (Wildman–Crippen LogP) is 4.66. The summed E-state index contributed by atoms with van der Waals surface area (Å²) in [6.07, 6.45) is -2.14. The quantitative estimate of drug-likeness (QED) is 0.590. The van der Waals surface area contributed by atoms with Crippen LogP contribution in [0.15, 0.2) is 30.3 Å². The van der Waals surface area contributed by atoms with Gasteiger partial charge in [-0.05, 0) is 31.0 Å². The van der Waals surface area contributed by atoms with E-state index in [1.165, 1.54) is 24.5 Å². The van der Waals surface area contributed by atoms with Crippen LogP contribution in [0, 0.1) is 5.92 Å². The number of aldehydes is 1. The number of methoxy groups -OCH3 is 1. The molecule has 0 spiro atoms. The van der Waals surface area contributed by atoms with Gasteiger partial charge in [0.1, 0.15) is 23.4 Å². The number of benzene rings is 1. The Hall–Kier alpha value is -3.01. The van der Waals surface area contributed by atoms with Gasteiger partial charge in [-0.2, -0.15) is 13.2 Å². The van der Waals surface area contributed by atoms with Gasteiger partial charge in [-0.25, -0.2) is 9.97 Å². The molecule has 1 saturated carbocycles. The molecule has 2 aromatic heterocycles. The summed E-state index contributed by atoms with van der Waals surface area (Å²) in [5, 5.41) is 3.48. The number of rotatable bonds is 5. The van der Waals surface area contributed by atoms with Gasteiger partial charge in [-0.15, -0.1) is 11.3 Å². The highest BCUT2D eigenvalue weighted by Gasteiger charge is 2.33. The number of pyridine rings is 1. The number of fused-ring (bicyclic) bond motifs is 1. The summed E-state index contributed by atoms with van der Waals surface area (Å²) < 4.78 is 44.7. The van der Waals surface area contributed by atoms with Gasteiger partial charge in [0.2, 0.25) is 0 Å². The van der Waals surface area contributed by atoms with Gasteiger partial charge in [0.05, 0.1) is 28.0 Å². The highest BCUT2D eigenvalue weighted by atomic mass is 32.1. The molecule has 1 amide bonds. The van der Waals surface area contributed by atoms with Crippen molar-refractivity contribution in [3.05, 3.63) is 46.7 Å². The Morgan fingerprint density at radius 1 is 1.27 bits per heavy atom. The monoisotopic (exact) mass is 435 g/mol. The molecule has 10 heteroatoms. The van der Waals surface area contributed by atoms with Crippen LogP contribution in [-0.4, -0.2) is 29.3 Å². The predicted molar refractivity (Wildman–Crippen MR) is 105 cm³/mol. The summed E-state index contributed by atoms with van der Waals surface area (Å²) in [7, 11) is 1.42. The maximum atomic E-state index is 12.9. The summed E-state index contributed by atoms with van der Waals surface area (Å²) in [5.41, 5.74) is -0.495. The topological polar surface area (TPSA) is 81.2 Å². The Bertz CT molecular complexity index is 1120. The molecule has 0 atom stereocenters. The van der Waals surface area contributed by atoms with Crippen LogP contribution >= 0.6 is 11.3 Å². The van der Waals surface area contributed by atoms with E-state index < -0.39 is 17.8 Å². The van der Waals surface area contributed by atoms with E-state index in [1.807, 2.05) is 0 Å². The molecule has 1 fully saturated rings. The molecule has 0 saturated heterocycles. The van der Waals surface area contributed by atoms with Gasteiger partial charge in [0.15, 0.2) is 0 Å². The molecule has 6 nitrogen and oxygen atoms in total. The van der Waals surface area contributed by atoms with Crippen LogP contribution in [0.3, 0.4) is 0 Å². The smallest absolute Gasteiger partial charge is 0.433 e. The fourth-order valence-electron chi connectivity index (χ4n) is 3.29. The highest BCUT2D eigenvalue weighted by molar-refractivity contribution is 7.18. The van der Waals surface area contributed by atoms with Crippen molar-refractivity contribution in [1.29, 1.82) is 0 Å². The lowest BCUT2D eigenvalue weighted by atomic mass is 9.76. The first-order valence-electron chi connectivity index (χ1n) is 9.08. The largest absolute Gasteiger partial charge is 0.494 e. The molecular weight excluding hydrogens is 419 g/mol. The first-order valence-corrected chi connectivity index (χ1v) is 9.89. The number of aromatic nitrogens is 2. The van der Waals surface area contributed by atoms with Crippen molar-refractivity contribution in [2.75, 3.05) is 12.4 Å². The van der Waals surface area contributed by atoms with Gasteiger partial charge in [0, 0.05) is 17.9 Å². The fourth-order valence-corrected chi connectivity index (χ4v) is 4.41. The summed E-state index contributed by atoms with van der Waals surface area (Å²) >= 11 is 1.46. The van der Waals surface area contributed by atoms with Gasteiger partial charge in [-0.3, -0.25) is 4.79 Å². The Balaban J connectivity index is 1.60. The molecule has 156 valence electrons. The molecule has 0 bridgehead atoms. The molecule has 1 aromatic carbocycles. The normalized spacial score (nSPS) is 18.7. The Morgan fingerprint density at radius 2 is 2.03 bits per heavy atom. The van der Waals surface area contributed by atoms with Crippen LogP contribution in [0.5, 0.6) is 5.75 Å². The van der Waals surface area contributed by atoms with Crippen molar-refractivity contribution < 1.29 is 27.5 Å². The molecule has 2 heterocycles. The van der Waals surface area contributed by atoms with Crippen LogP contribution in [0.1, 0.15) is 39.9 Å². The van der Waals surface area contributed by atoms with E-state index in [4.69, 9.17) is 4.74 Å². The van der Waals surface area contributed by atoms with Gasteiger partial charge in [0.25, 0.3) is 5.91 Å². The van der Waals surface area contributed by atoms with Crippen molar-refractivity contribution in [2.45, 2.75) is 24.9 Å². The maximum absolute atomic E-state index is 12.9. The average molecular weight is 435 g/mol. The number of carbonyl (C=O) groups excluding carboxylic acids is 2. The van der Waals surface area contributed by atoms with E-state index in [0.29, 0.717) is 17.0 Å². The number of carbonyl (C=O) groups is 2. The summed E-state index contributed by atoms with van der Waals surface area (Å²) in [6, 6.07) is 6.49. The minimum Gasteiger partial charge on any atom is -0.494 e. The van der Waals surface area contributed by atoms with Crippen LogP contribution in [0.4, 0.5) is 18.9 Å². The minimum atomic E-state index is -4.64. The minimum absolute atomic E-state index is 0.0753. The number of halogens is 3. The number of hydrogen-bond donors (Lipinski definition) is 1. The Morgan fingerprint density at radius 3 is 2.70 bits per heavy atom. The molecule has 1 aliphatic carbocycles. The van der Waals surface area contributed by atoms with Crippen molar-refractivity contribution in [3.8, 4) is 5.75 Å². The van der Waals surface area contributed by atoms with Crippen molar-refractivity contribution >= 4 is 39.4 Å². The van der Waals surface area contributed by atoms with Crippen LogP contribution in [0.2, 0.25) is 0 Å². The maximum Gasteiger partial charge on any atom is 0.433 e. The summed E-state index contributed by atoms with van der Waals surface area (Å²) in [4.78, 5) is 31.3. The Kier molecular flexibility index (Phi) is 5.19. The molecular formula is C20H16F3N3O3S. The third-order valence-corrected chi connectivity index (χ3v) is 6.14. The lowest BCUT2D eigenvalue weighted by molar-refractivity contribution is -0.141. The van der Waals surface area contributed by atoms with Gasteiger partial charge >= 0.3 is 6.18 Å². The second kappa shape index (κ2) is 7.67.